The zero-order valence-corrected chi connectivity index (χ0v) is 12.8. The first kappa shape index (κ1) is 14.8. The summed E-state index contributed by atoms with van der Waals surface area (Å²) in [5.41, 5.74) is 1.25. The number of rotatable bonds is 6. The molecule has 1 aliphatic heterocycles. The number of nitrogens with zero attached hydrogens (tertiary/aromatic N) is 1. The summed E-state index contributed by atoms with van der Waals surface area (Å²) in [5, 5.41) is 4.47. The third-order valence-corrected chi connectivity index (χ3v) is 4.13. The highest BCUT2D eigenvalue weighted by molar-refractivity contribution is 6.31. The Morgan fingerprint density at radius 1 is 1.37 bits per heavy atom. The van der Waals surface area contributed by atoms with Gasteiger partial charge < -0.3 is 5.32 Å². The molecule has 1 atom stereocenters. The van der Waals surface area contributed by atoms with Crippen molar-refractivity contribution in [3.8, 4) is 0 Å². The molecule has 3 heteroatoms. The molecular weight excluding hydrogens is 256 g/mol. The Morgan fingerprint density at radius 2 is 2.16 bits per heavy atom. The third kappa shape index (κ3) is 4.48. The lowest BCUT2D eigenvalue weighted by Gasteiger charge is -2.25. The highest BCUT2D eigenvalue weighted by Crippen LogP contribution is 2.23. The van der Waals surface area contributed by atoms with Crippen molar-refractivity contribution in [1.82, 2.24) is 10.2 Å². The molecule has 1 aromatic carbocycles. The van der Waals surface area contributed by atoms with E-state index >= 15 is 0 Å². The minimum Gasteiger partial charge on any atom is -0.315 e. The Morgan fingerprint density at radius 3 is 2.89 bits per heavy atom. The normalized spacial score (nSPS) is 20.3. The van der Waals surface area contributed by atoms with Crippen LogP contribution in [-0.4, -0.2) is 30.6 Å². The lowest BCUT2D eigenvalue weighted by Crippen LogP contribution is -2.38. The van der Waals surface area contributed by atoms with E-state index < -0.39 is 0 Å². The summed E-state index contributed by atoms with van der Waals surface area (Å²) in [6.45, 7) is 8.89. The summed E-state index contributed by atoms with van der Waals surface area (Å²) in [7, 11) is 0. The van der Waals surface area contributed by atoms with Crippen LogP contribution in [0.1, 0.15) is 32.3 Å². The number of benzene rings is 1. The fourth-order valence-corrected chi connectivity index (χ4v) is 2.91. The number of hydrogen-bond acceptors (Lipinski definition) is 2. The van der Waals surface area contributed by atoms with Crippen molar-refractivity contribution in [3.05, 3.63) is 34.9 Å². The predicted molar refractivity (Wildman–Crippen MR) is 82.6 cm³/mol. The van der Waals surface area contributed by atoms with Gasteiger partial charge in [0.15, 0.2) is 0 Å². The highest BCUT2D eigenvalue weighted by atomic mass is 35.5. The Hall–Kier alpha value is -0.570. The van der Waals surface area contributed by atoms with E-state index in [1.807, 2.05) is 12.1 Å². The maximum atomic E-state index is 6.25. The van der Waals surface area contributed by atoms with Gasteiger partial charge in [0, 0.05) is 24.2 Å². The molecule has 1 N–H and O–H groups in total. The van der Waals surface area contributed by atoms with Gasteiger partial charge in [0.05, 0.1) is 0 Å². The van der Waals surface area contributed by atoms with Crippen LogP contribution >= 0.6 is 11.6 Å². The molecule has 0 saturated carbocycles. The number of nitrogens with one attached hydrogen (secondary N) is 1. The molecule has 1 saturated heterocycles. The van der Waals surface area contributed by atoms with Gasteiger partial charge in [-0.15, -0.1) is 0 Å². The molecule has 1 unspecified atom stereocenters. The topological polar surface area (TPSA) is 15.3 Å². The zero-order chi connectivity index (χ0) is 13.7. The number of hydrogen-bond donors (Lipinski definition) is 1. The summed E-state index contributed by atoms with van der Waals surface area (Å²) >= 11 is 6.25. The van der Waals surface area contributed by atoms with Crippen LogP contribution in [0, 0.1) is 5.92 Å². The van der Waals surface area contributed by atoms with Crippen molar-refractivity contribution in [3.63, 3.8) is 0 Å². The number of likely N-dealkylation sites (tertiary alicyclic amines) is 1. The van der Waals surface area contributed by atoms with Crippen molar-refractivity contribution in [1.29, 1.82) is 0 Å². The van der Waals surface area contributed by atoms with Crippen molar-refractivity contribution < 1.29 is 0 Å². The molecule has 0 spiro atoms. The molecule has 1 heterocycles. The largest absolute Gasteiger partial charge is 0.315 e. The lowest BCUT2D eigenvalue weighted by atomic mass is 10.1. The molecule has 2 nitrogen and oxygen atoms in total. The van der Waals surface area contributed by atoms with E-state index in [-0.39, 0.29) is 0 Å². The van der Waals surface area contributed by atoms with Crippen molar-refractivity contribution in [2.24, 2.45) is 5.92 Å². The van der Waals surface area contributed by atoms with Crippen LogP contribution in [0.4, 0.5) is 0 Å². The van der Waals surface area contributed by atoms with E-state index in [1.54, 1.807) is 0 Å². The Bertz CT molecular complexity index is 392. The van der Waals surface area contributed by atoms with Gasteiger partial charge in [-0.2, -0.15) is 0 Å². The van der Waals surface area contributed by atoms with E-state index in [0.29, 0.717) is 6.04 Å². The van der Waals surface area contributed by atoms with Crippen LogP contribution in [0.3, 0.4) is 0 Å². The van der Waals surface area contributed by atoms with Crippen molar-refractivity contribution >= 4 is 11.6 Å². The van der Waals surface area contributed by atoms with Crippen LogP contribution in [0.5, 0.6) is 0 Å². The molecule has 0 bridgehead atoms. The number of halogens is 1. The summed E-state index contributed by atoms with van der Waals surface area (Å²) in [4.78, 5) is 2.56. The van der Waals surface area contributed by atoms with Crippen LogP contribution in [0.15, 0.2) is 24.3 Å². The van der Waals surface area contributed by atoms with Gasteiger partial charge in [-0.25, -0.2) is 0 Å². The second-order valence-corrected chi connectivity index (χ2v) is 6.32. The van der Waals surface area contributed by atoms with Crippen molar-refractivity contribution in [2.45, 2.75) is 39.3 Å². The molecule has 106 valence electrons. The average molecular weight is 281 g/mol. The molecule has 0 aromatic heterocycles. The van der Waals surface area contributed by atoms with E-state index in [0.717, 1.165) is 30.6 Å². The van der Waals surface area contributed by atoms with Crippen LogP contribution in [0.2, 0.25) is 5.02 Å². The maximum Gasteiger partial charge on any atom is 0.0451 e. The SMILES string of the molecule is CC(C)CNCC1CCCN1Cc1ccccc1Cl. The van der Waals surface area contributed by atoms with Gasteiger partial charge in [-0.05, 0) is 43.5 Å². The van der Waals surface area contributed by atoms with Gasteiger partial charge in [-0.1, -0.05) is 43.6 Å². The highest BCUT2D eigenvalue weighted by Gasteiger charge is 2.24. The van der Waals surface area contributed by atoms with Crippen LogP contribution in [0.25, 0.3) is 0 Å². The summed E-state index contributed by atoms with van der Waals surface area (Å²) in [6.07, 6.45) is 2.61. The molecule has 1 fully saturated rings. The van der Waals surface area contributed by atoms with Gasteiger partial charge in [-0.3, -0.25) is 4.90 Å². The van der Waals surface area contributed by atoms with Gasteiger partial charge >= 0.3 is 0 Å². The first-order chi connectivity index (χ1) is 9.16. The average Bonchev–Trinajstić information content (AvgIpc) is 2.79. The monoisotopic (exact) mass is 280 g/mol. The predicted octanol–water partition coefficient (Wildman–Crippen LogP) is 3.55. The lowest BCUT2D eigenvalue weighted by molar-refractivity contribution is 0.237. The zero-order valence-electron chi connectivity index (χ0n) is 12.0. The Kier molecular flexibility index (Phi) is 5.68. The van der Waals surface area contributed by atoms with Gasteiger partial charge in [0.1, 0.15) is 0 Å². The van der Waals surface area contributed by atoms with E-state index in [2.05, 4.69) is 36.2 Å². The van der Waals surface area contributed by atoms with Crippen LogP contribution < -0.4 is 5.32 Å². The minimum atomic E-state index is 0.662. The summed E-state index contributed by atoms with van der Waals surface area (Å²) in [6, 6.07) is 8.86. The van der Waals surface area contributed by atoms with E-state index in [1.165, 1.54) is 24.9 Å². The molecule has 0 amide bonds. The molecule has 0 aliphatic carbocycles. The first-order valence-corrected chi connectivity index (χ1v) is 7.73. The Labute approximate surface area is 122 Å². The van der Waals surface area contributed by atoms with Gasteiger partial charge in [0.25, 0.3) is 0 Å². The summed E-state index contributed by atoms with van der Waals surface area (Å²) < 4.78 is 0. The quantitative estimate of drug-likeness (QED) is 0.857. The molecule has 0 radical (unpaired) electrons. The van der Waals surface area contributed by atoms with E-state index in [9.17, 15) is 0 Å². The second-order valence-electron chi connectivity index (χ2n) is 5.91. The fourth-order valence-electron chi connectivity index (χ4n) is 2.72. The molecule has 1 aliphatic rings. The van der Waals surface area contributed by atoms with Gasteiger partial charge in [0.2, 0.25) is 0 Å². The standard InChI is InChI=1S/C16H25ClN2/c1-13(2)10-18-11-15-7-5-9-19(15)12-14-6-3-4-8-16(14)17/h3-4,6,8,13,15,18H,5,7,9-12H2,1-2H3. The third-order valence-electron chi connectivity index (χ3n) is 3.76. The first-order valence-electron chi connectivity index (χ1n) is 7.35. The minimum absolute atomic E-state index is 0.662. The molecule has 2 rings (SSSR count). The molecular formula is C16H25ClN2. The van der Waals surface area contributed by atoms with Crippen LogP contribution in [-0.2, 0) is 6.54 Å². The fraction of sp³-hybridized carbons (Fsp3) is 0.625. The van der Waals surface area contributed by atoms with Crippen molar-refractivity contribution in [2.75, 3.05) is 19.6 Å². The Balaban J connectivity index is 1.87. The maximum absolute atomic E-state index is 6.25. The second kappa shape index (κ2) is 7.28. The van der Waals surface area contributed by atoms with E-state index in [4.69, 9.17) is 11.6 Å². The smallest absolute Gasteiger partial charge is 0.0451 e. The summed E-state index contributed by atoms with van der Waals surface area (Å²) in [5.74, 6) is 0.721. The molecule has 1 aromatic rings. The molecule has 19 heavy (non-hydrogen) atoms.